The minimum atomic E-state index is -0.810. The summed E-state index contributed by atoms with van der Waals surface area (Å²) in [6.45, 7) is 5.86. The number of allylic oxidation sites excluding steroid dienone is 1. The van der Waals surface area contributed by atoms with Crippen LogP contribution in [-0.4, -0.2) is 43.1 Å². The van der Waals surface area contributed by atoms with Gasteiger partial charge in [0, 0.05) is 0 Å². The summed E-state index contributed by atoms with van der Waals surface area (Å²) in [6, 6.07) is 7.57. The SMILES string of the molecule is CCOC(=O)C1=C(C)N=c2s/c(=C\c3cc(Cl)c(O)c(OC)c3)c(=O)n2[C@@H]1c1ccc(OC)c(OCC)c1. The fourth-order valence-corrected chi connectivity index (χ4v) is 5.49. The van der Waals surface area contributed by atoms with Crippen molar-refractivity contribution in [1.29, 1.82) is 0 Å². The minimum Gasteiger partial charge on any atom is -0.503 e. The molecule has 0 bridgehead atoms. The van der Waals surface area contributed by atoms with Gasteiger partial charge in [-0.3, -0.25) is 9.36 Å². The number of ether oxygens (including phenoxy) is 4. The van der Waals surface area contributed by atoms with Crippen LogP contribution < -0.4 is 29.1 Å². The molecule has 0 fully saturated rings. The topological polar surface area (TPSA) is 109 Å². The lowest BCUT2D eigenvalue weighted by Crippen LogP contribution is -2.40. The van der Waals surface area contributed by atoms with Crippen molar-refractivity contribution < 1.29 is 28.8 Å². The third-order valence-electron chi connectivity index (χ3n) is 5.89. The zero-order chi connectivity index (χ0) is 27.6. The smallest absolute Gasteiger partial charge is 0.338 e. The summed E-state index contributed by atoms with van der Waals surface area (Å²) in [4.78, 5) is 31.9. The number of thiazole rings is 1. The number of phenolic OH excluding ortho intramolecular Hbond substituents is 1. The molecule has 1 atom stereocenters. The average molecular weight is 559 g/mol. The van der Waals surface area contributed by atoms with Crippen molar-refractivity contribution in [2.45, 2.75) is 26.8 Å². The van der Waals surface area contributed by atoms with Crippen LogP contribution >= 0.6 is 22.9 Å². The van der Waals surface area contributed by atoms with E-state index in [0.29, 0.717) is 44.3 Å². The number of hydrogen-bond acceptors (Lipinski definition) is 9. The largest absolute Gasteiger partial charge is 0.503 e. The number of nitrogens with zero attached hydrogens (tertiary/aromatic N) is 2. The third kappa shape index (κ3) is 5.01. The molecule has 0 spiro atoms. The second kappa shape index (κ2) is 11.3. The van der Waals surface area contributed by atoms with E-state index in [1.54, 1.807) is 51.3 Å². The molecule has 0 amide bonds. The Morgan fingerprint density at radius 1 is 1.13 bits per heavy atom. The van der Waals surface area contributed by atoms with Gasteiger partial charge in [0.05, 0.1) is 54.3 Å². The molecule has 200 valence electrons. The number of fused-ring (bicyclic) bond motifs is 1. The Morgan fingerprint density at radius 2 is 1.87 bits per heavy atom. The predicted octanol–water partition coefficient (Wildman–Crippen LogP) is 3.57. The second-order valence-electron chi connectivity index (χ2n) is 8.20. The van der Waals surface area contributed by atoms with E-state index in [1.807, 2.05) is 6.92 Å². The number of benzene rings is 2. The maximum Gasteiger partial charge on any atom is 0.338 e. The van der Waals surface area contributed by atoms with Gasteiger partial charge in [-0.1, -0.05) is 29.0 Å². The number of carbonyl (C=O) groups is 1. The molecule has 0 aliphatic carbocycles. The molecule has 9 nitrogen and oxygen atoms in total. The van der Waals surface area contributed by atoms with Gasteiger partial charge in [0.15, 0.2) is 27.8 Å². The van der Waals surface area contributed by atoms with E-state index >= 15 is 0 Å². The Bertz CT molecular complexity index is 1610. The standard InChI is InChI=1S/C27H27ClN2O7S/c1-6-36-19-13-16(8-9-18(19)34-4)23-22(26(33)37-7-2)14(3)29-27-30(23)25(32)21(38-27)12-15-10-17(28)24(31)20(11-15)35-5/h8-13,23,31H,6-7H2,1-5H3/b21-12-/t23-/m1/s1. The Balaban J connectivity index is 1.97. The third-order valence-corrected chi connectivity index (χ3v) is 7.16. The van der Waals surface area contributed by atoms with E-state index in [1.165, 1.54) is 29.1 Å². The fourth-order valence-electron chi connectivity index (χ4n) is 4.22. The normalized spacial score (nSPS) is 15.1. The Labute approximate surface area is 227 Å². The molecule has 0 unspecified atom stereocenters. The van der Waals surface area contributed by atoms with E-state index in [-0.39, 0.29) is 34.3 Å². The molecule has 3 aromatic rings. The summed E-state index contributed by atoms with van der Waals surface area (Å²) in [5.41, 5.74) is 1.53. The Morgan fingerprint density at radius 3 is 2.53 bits per heavy atom. The van der Waals surface area contributed by atoms with Crippen molar-refractivity contribution in [2.24, 2.45) is 4.99 Å². The number of phenols is 1. The zero-order valence-corrected chi connectivity index (χ0v) is 23.1. The maximum absolute atomic E-state index is 13.8. The molecule has 0 radical (unpaired) electrons. The molecular formula is C27H27ClN2O7S. The number of halogens is 1. The number of esters is 1. The predicted molar refractivity (Wildman–Crippen MR) is 144 cm³/mol. The summed E-state index contributed by atoms with van der Waals surface area (Å²) in [5.74, 6) is 0.443. The molecule has 1 N–H and O–H groups in total. The van der Waals surface area contributed by atoms with Crippen molar-refractivity contribution in [3.63, 3.8) is 0 Å². The number of carbonyl (C=O) groups excluding carboxylic acids is 1. The van der Waals surface area contributed by atoms with E-state index in [9.17, 15) is 14.7 Å². The van der Waals surface area contributed by atoms with Crippen molar-refractivity contribution in [3.8, 4) is 23.0 Å². The number of rotatable bonds is 8. The molecule has 0 saturated carbocycles. The van der Waals surface area contributed by atoms with Crippen molar-refractivity contribution in [2.75, 3.05) is 27.4 Å². The number of aromatic hydroxyl groups is 1. The molecule has 1 aliphatic heterocycles. The van der Waals surface area contributed by atoms with Gasteiger partial charge in [-0.05, 0) is 62.2 Å². The lowest BCUT2D eigenvalue weighted by Gasteiger charge is -2.25. The van der Waals surface area contributed by atoms with Crippen LogP contribution in [-0.2, 0) is 9.53 Å². The van der Waals surface area contributed by atoms with Gasteiger partial charge in [-0.15, -0.1) is 0 Å². The summed E-state index contributed by atoms with van der Waals surface area (Å²) in [6.07, 6.45) is 1.64. The van der Waals surface area contributed by atoms with Crippen LogP contribution in [0, 0.1) is 0 Å². The molecule has 11 heteroatoms. The van der Waals surface area contributed by atoms with Crippen LogP contribution in [0.5, 0.6) is 23.0 Å². The quantitative estimate of drug-likeness (QED) is 0.421. The highest BCUT2D eigenvalue weighted by molar-refractivity contribution is 7.07. The molecule has 2 aromatic carbocycles. The number of methoxy groups -OCH3 is 2. The molecule has 1 aliphatic rings. The first kappa shape index (κ1) is 27.3. The van der Waals surface area contributed by atoms with Crippen LogP contribution in [0.2, 0.25) is 5.02 Å². The van der Waals surface area contributed by atoms with Crippen LogP contribution in [0.15, 0.2) is 51.4 Å². The lowest BCUT2D eigenvalue weighted by atomic mass is 9.95. The van der Waals surface area contributed by atoms with E-state index < -0.39 is 12.0 Å². The van der Waals surface area contributed by atoms with E-state index in [2.05, 4.69) is 4.99 Å². The monoisotopic (exact) mass is 558 g/mol. The number of hydrogen-bond donors (Lipinski definition) is 1. The van der Waals surface area contributed by atoms with E-state index in [4.69, 9.17) is 30.5 Å². The first-order valence-electron chi connectivity index (χ1n) is 11.8. The van der Waals surface area contributed by atoms with Gasteiger partial charge in [-0.25, -0.2) is 9.79 Å². The molecule has 1 aromatic heterocycles. The number of aromatic nitrogens is 1. The lowest BCUT2D eigenvalue weighted by molar-refractivity contribution is -0.139. The highest BCUT2D eigenvalue weighted by Gasteiger charge is 2.34. The van der Waals surface area contributed by atoms with Gasteiger partial charge < -0.3 is 24.1 Å². The fraction of sp³-hybridized carbons (Fsp3) is 0.296. The van der Waals surface area contributed by atoms with Gasteiger partial charge in [0.25, 0.3) is 5.56 Å². The highest BCUT2D eigenvalue weighted by atomic mass is 35.5. The van der Waals surface area contributed by atoms with Gasteiger partial charge >= 0.3 is 5.97 Å². The second-order valence-corrected chi connectivity index (χ2v) is 9.62. The van der Waals surface area contributed by atoms with Crippen LogP contribution in [0.25, 0.3) is 6.08 Å². The minimum absolute atomic E-state index is 0.0865. The summed E-state index contributed by atoms with van der Waals surface area (Å²) in [7, 11) is 2.95. The summed E-state index contributed by atoms with van der Waals surface area (Å²) < 4.78 is 23.5. The van der Waals surface area contributed by atoms with Gasteiger partial charge in [-0.2, -0.15) is 0 Å². The van der Waals surface area contributed by atoms with Crippen molar-refractivity contribution in [3.05, 3.63) is 77.4 Å². The molecule has 4 rings (SSSR count). The van der Waals surface area contributed by atoms with Crippen molar-refractivity contribution >= 4 is 35.0 Å². The average Bonchev–Trinajstić information content (AvgIpc) is 3.19. The van der Waals surface area contributed by atoms with Gasteiger partial charge in [0.1, 0.15) is 0 Å². The molecule has 38 heavy (non-hydrogen) atoms. The van der Waals surface area contributed by atoms with Crippen LogP contribution in [0.4, 0.5) is 0 Å². The van der Waals surface area contributed by atoms with Crippen LogP contribution in [0.3, 0.4) is 0 Å². The van der Waals surface area contributed by atoms with Crippen LogP contribution in [0.1, 0.15) is 37.9 Å². The first-order chi connectivity index (χ1) is 18.2. The Hall–Kier alpha value is -3.76. The summed E-state index contributed by atoms with van der Waals surface area (Å²) >= 11 is 7.32. The first-order valence-corrected chi connectivity index (χ1v) is 13.0. The summed E-state index contributed by atoms with van der Waals surface area (Å²) in [5, 5.41) is 10.2. The highest BCUT2D eigenvalue weighted by Crippen LogP contribution is 2.37. The van der Waals surface area contributed by atoms with Crippen molar-refractivity contribution in [1.82, 2.24) is 4.57 Å². The zero-order valence-electron chi connectivity index (χ0n) is 21.5. The molecule has 0 saturated heterocycles. The van der Waals surface area contributed by atoms with E-state index in [0.717, 1.165) is 0 Å². The van der Waals surface area contributed by atoms with Gasteiger partial charge in [0.2, 0.25) is 0 Å². The maximum atomic E-state index is 13.8. The molecular weight excluding hydrogens is 532 g/mol. The molecule has 2 heterocycles. The Kier molecular flexibility index (Phi) is 8.13.